The summed E-state index contributed by atoms with van der Waals surface area (Å²) in [6, 6.07) is 9.37. The van der Waals surface area contributed by atoms with Crippen LogP contribution in [0.2, 0.25) is 0 Å². The fourth-order valence-electron chi connectivity index (χ4n) is 1.80. The summed E-state index contributed by atoms with van der Waals surface area (Å²) in [5.74, 6) is 0.627. The van der Waals surface area contributed by atoms with Gasteiger partial charge in [0.1, 0.15) is 25.0 Å². The minimum Gasteiger partial charge on any atom is -0.490 e. The summed E-state index contributed by atoms with van der Waals surface area (Å²) in [6.45, 7) is 1.59. The average Bonchev–Trinajstić information content (AvgIpc) is 2.89. The Morgan fingerprint density at radius 2 is 2.12 bits per heavy atom. The molecule has 0 amide bonds. The van der Waals surface area contributed by atoms with Gasteiger partial charge in [-0.25, -0.2) is 0 Å². The van der Waals surface area contributed by atoms with Crippen LogP contribution in [0.1, 0.15) is 12.8 Å². The third kappa shape index (κ3) is 3.75. The Labute approximate surface area is 101 Å². The number of carbonyl (C=O) groups excluding carboxylic acids is 1. The van der Waals surface area contributed by atoms with Crippen LogP contribution in [0.5, 0.6) is 5.75 Å². The van der Waals surface area contributed by atoms with Gasteiger partial charge in [0.25, 0.3) is 0 Å². The summed E-state index contributed by atoms with van der Waals surface area (Å²) in [6.07, 6.45) is 1.92. The maximum atomic E-state index is 11.5. The lowest BCUT2D eigenvalue weighted by Gasteiger charge is -2.10. The van der Waals surface area contributed by atoms with E-state index in [1.165, 1.54) is 0 Å². The molecule has 2 rings (SSSR count). The van der Waals surface area contributed by atoms with E-state index in [-0.39, 0.29) is 12.0 Å². The molecule has 0 aliphatic carbocycles. The highest BCUT2D eigenvalue weighted by atomic mass is 16.6. The molecule has 1 aromatic rings. The van der Waals surface area contributed by atoms with Crippen LogP contribution < -0.4 is 10.1 Å². The van der Waals surface area contributed by atoms with Gasteiger partial charge < -0.3 is 14.8 Å². The second-order valence-corrected chi connectivity index (χ2v) is 3.98. The molecule has 1 aromatic carbocycles. The predicted molar refractivity (Wildman–Crippen MR) is 63.9 cm³/mol. The zero-order valence-electron chi connectivity index (χ0n) is 9.72. The molecule has 92 valence electrons. The van der Waals surface area contributed by atoms with Crippen molar-refractivity contribution in [2.75, 3.05) is 19.8 Å². The molecule has 1 N–H and O–H groups in total. The minimum atomic E-state index is -0.167. The first-order chi connectivity index (χ1) is 8.36. The average molecular weight is 235 g/mol. The zero-order chi connectivity index (χ0) is 11.9. The Kier molecular flexibility index (Phi) is 4.38. The summed E-state index contributed by atoms with van der Waals surface area (Å²) in [4.78, 5) is 11.5. The molecule has 4 nitrogen and oxygen atoms in total. The lowest BCUT2D eigenvalue weighted by molar-refractivity contribution is -0.146. The molecule has 17 heavy (non-hydrogen) atoms. The number of hydrogen-bond donors (Lipinski definition) is 1. The van der Waals surface area contributed by atoms with Gasteiger partial charge in [0.15, 0.2) is 0 Å². The van der Waals surface area contributed by atoms with Crippen LogP contribution in [0.25, 0.3) is 0 Å². The van der Waals surface area contributed by atoms with Gasteiger partial charge in [-0.2, -0.15) is 0 Å². The smallest absolute Gasteiger partial charge is 0.323 e. The van der Waals surface area contributed by atoms with Crippen LogP contribution >= 0.6 is 0 Å². The first-order valence-electron chi connectivity index (χ1n) is 5.94. The number of nitrogens with one attached hydrogen (secondary N) is 1. The summed E-state index contributed by atoms with van der Waals surface area (Å²) < 4.78 is 10.5. The number of esters is 1. The normalized spacial score (nSPS) is 18.9. The van der Waals surface area contributed by atoms with Crippen LogP contribution in [-0.4, -0.2) is 31.8 Å². The molecular weight excluding hydrogens is 218 g/mol. The van der Waals surface area contributed by atoms with Crippen molar-refractivity contribution in [3.63, 3.8) is 0 Å². The number of rotatable bonds is 5. The maximum Gasteiger partial charge on any atom is 0.323 e. The molecule has 1 aliphatic rings. The highest BCUT2D eigenvalue weighted by Gasteiger charge is 2.22. The highest BCUT2D eigenvalue weighted by Crippen LogP contribution is 2.08. The van der Waals surface area contributed by atoms with E-state index in [1.807, 2.05) is 30.3 Å². The Balaban J connectivity index is 1.61. The summed E-state index contributed by atoms with van der Waals surface area (Å²) in [5.41, 5.74) is 0. The SMILES string of the molecule is O=C(OCCOc1ccccc1)C1CCCN1. The Morgan fingerprint density at radius 3 is 2.82 bits per heavy atom. The van der Waals surface area contributed by atoms with E-state index in [9.17, 15) is 4.79 Å². The van der Waals surface area contributed by atoms with Gasteiger partial charge in [0, 0.05) is 0 Å². The van der Waals surface area contributed by atoms with Crippen molar-refractivity contribution in [2.45, 2.75) is 18.9 Å². The van der Waals surface area contributed by atoms with E-state index in [0.717, 1.165) is 25.1 Å². The van der Waals surface area contributed by atoms with Crippen molar-refractivity contribution in [3.8, 4) is 5.75 Å². The van der Waals surface area contributed by atoms with E-state index in [0.29, 0.717) is 13.2 Å². The number of carbonyl (C=O) groups is 1. The van der Waals surface area contributed by atoms with E-state index in [2.05, 4.69) is 5.32 Å². The molecule has 1 atom stereocenters. The van der Waals surface area contributed by atoms with E-state index >= 15 is 0 Å². The van der Waals surface area contributed by atoms with Gasteiger partial charge in [0.05, 0.1) is 0 Å². The number of para-hydroxylation sites is 1. The molecule has 4 heteroatoms. The zero-order valence-corrected chi connectivity index (χ0v) is 9.72. The second kappa shape index (κ2) is 6.25. The minimum absolute atomic E-state index is 0.119. The van der Waals surface area contributed by atoms with Crippen molar-refractivity contribution < 1.29 is 14.3 Å². The van der Waals surface area contributed by atoms with Gasteiger partial charge in [-0.3, -0.25) is 4.79 Å². The standard InChI is InChI=1S/C13H17NO3/c15-13(12-7-4-8-14-12)17-10-9-16-11-5-2-1-3-6-11/h1-3,5-6,12,14H,4,7-10H2. The van der Waals surface area contributed by atoms with Gasteiger partial charge in [-0.15, -0.1) is 0 Å². The summed E-state index contributed by atoms with van der Waals surface area (Å²) >= 11 is 0. The van der Waals surface area contributed by atoms with E-state index < -0.39 is 0 Å². The first-order valence-corrected chi connectivity index (χ1v) is 5.94. The maximum absolute atomic E-state index is 11.5. The van der Waals surface area contributed by atoms with Gasteiger partial charge in [-0.1, -0.05) is 18.2 Å². The topological polar surface area (TPSA) is 47.6 Å². The molecular formula is C13H17NO3. The Bertz CT molecular complexity index is 347. The third-order valence-electron chi connectivity index (χ3n) is 2.68. The quantitative estimate of drug-likeness (QED) is 0.618. The van der Waals surface area contributed by atoms with Gasteiger partial charge in [-0.05, 0) is 31.5 Å². The summed E-state index contributed by atoms with van der Waals surface area (Å²) in [7, 11) is 0. The number of benzene rings is 1. The van der Waals surface area contributed by atoms with Crippen LogP contribution in [-0.2, 0) is 9.53 Å². The molecule has 1 fully saturated rings. The van der Waals surface area contributed by atoms with Crippen LogP contribution in [0, 0.1) is 0 Å². The number of hydrogen-bond acceptors (Lipinski definition) is 4. The molecule has 0 bridgehead atoms. The second-order valence-electron chi connectivity index (χ2n) is 3.98. The largest absolute Gasteiger partial charge is 0.490 e. The summed E-state index contributed by atoms with van der Waals surface area (Å²) in [5, 5.41) is 3.10. The van der Waals surface area contributed by atoms with Gasteiger partial charge in [0.2, 0.25) is 0 Å². The Hall–Kier alpha value is -1.55. The lowest BCUT2D eigenvalue weighted by atomic mass is 10.2. The first kappa shape index (κ1) is 11.9. The lowest BCUT2D eigenvalue weighted by Crippen LogP contribution is -2.33. The third-order valence-corrected chi connectivity index (χ3v) is 2.68. The van der Waals surface area contributed by atoms with Crippen LogP contribution in [0.3, 0.4) is 0 Å². The molecule has 0 spiro atoms. The van der Waals surface area contributed by atoms with Crippen LogP contribution in [0.4, 0.5) is 0 Å². The predicted octanol–water partition coefficient (Wildman–Crippen LogP) is 1.36. The van der Waals surface area contributed by atoms with E-state index in [1.54, 1.807) is 0 Å². The molecule has 0 radical (unpaired) electrons. The molecule has 1 saturated heterocycles. The van der Waals surface area contributed by atoms with Crippen molar-refractivity contribution >= 4 is 5.97 Å². The highest BCUT2D eigenvalue weighted by molar-refractivity contribution is 5.76. The monoisotopic (exact) mass is 235 g/mol. The van der Waals surface area contributed by atoms with Crippen molar-refractivity contribution in [3.05, 3.63) is 30.3 Å². The molecule has 1 aliphatic heterocycles. The molecule has 1 heterocycles. The fraction of sp³-hybridized carbons (Fsp3) is 0.462. The molecule has 0 saturated carbocycles. The van der Waals surface area contributed by atoms with Crippen molar-refractivity contribution in [1.82, 2.24) is 5.32 Å². The Morgan fingerprint density at radius 1 is 1.29 bits per heavy atom. The van der Waals surface area contributed by atoms with Crippen molar-refractivity contribution in [2.24, 2.45) is 0 Å². The number of ether oxygens (including phenoxy) is 2. The van der Waals surface area contributed by atoms with Gasteiger partial charge >= 0.3 is 5.97 Å². The molecule has 1 unspecified atom stereocenters. The fourth-order valence-corrected chi connectivity index (χ4v) is 1.80. The van der Waals surface area contributed by atoms with Crippen LogP contribution in [0.15, 0.2) is 30.3 Å². The van der Waals surface area contributed by atoms with Crippen molar-refractivity contribution in [1.29, 1.82) is 0 Å². The molecule has 0 aromatic heterocycles. The van der Waals surface area contributed by atoms with E-state index in [4.69, 9.17) is 9.47 Å².